The van der Waals surface area contributed by atoms with Crippen LogP contribution in [0.25, 0.3) is 0 Å². The van der Waals surface area contributed by atoms with Crippen molar-refractivity contribution in [2.45, 2.75) is 37.7 Å². The highest BCUT2D eigenvalue weighted by Crippen LogP contribution is 2.33. The Kier molecular flexibility index (Phi) is 4.55. The molecule has 25 heavy (non-hydrogen) atoms. The van der Waals surface area contributed by atoms with Gasteiger partial charge in [0.2, 0.25) is 0 Å². The molecule has 0 unspecified atom stereocenters. The molecule has 0 aromatic carbocycles. The highest BCUT2D eigenvalue weighted by atomic mass is 16.5. The van der Waals surface area contributed by atoms with Crippen molar-refractivity contribution in [3.05, 3.63) is 54.1 Å². The summed E-state index contributed by atoms with van der Waals surface area (Å²) in [6.45, 7) is 1.75. The number of amides is 1. The molecule has 0 bridgehead atoms. The maximum Gasteiger partial charge on any atom is 0.270 e. The monoisotopic (exact) mass is 341 g/mol. The highest BCUT2D eigenvalue weighted by Gasteiger charge is 2.45. The molecule has 1 saturated carbocycles. The molecule has 132 valence electrons. The van der Waals surface area contributed by atoms with E-state index in [1.54, 1.807) is 12.4 Å². The molecule has 1 aliphatic heterocycles. The number of morpholine rings is 1. The van der Waals surface area contributed by atoms with Crippen molar-refractivity contribution in [1.82, 2.24) is 14.5 Å². The SMILES string of the molecule is Cn1cccc1C(=O)N1CCO[C@@H]2[C@@H](OCc3ccncc3)CC[C@@H]21. The van der Waals surface area contributed by atoms with E-state index < -0.39 is 0 Å². The van der Waals surface area contributed by atoms with Gasteiger partial charge in [-0.15, -0.1) is 0 Å². The minimum Gasteiger partial charge on any atom is -0.372 e. The van der Waals surface area contributed by atoms with Crippen LogP contribution < -0.4 is 0 Å². The smallest absolute Gasteiger partial charge is 0.270 e. The molecular formula is C19H23N3O3. The lowest BCUT2D eigenvalue weighted by Gasteiger charge is -2.39. The summed E-state index contributed by atoms with van der Waals surface area (Å²) in [6, 6.07) is 7.79. The Hall–Kier alpha value is -2.18. The zero-order valence-electron chi connectivity index (χ0n) is 14.4. The second kappa shape index (κ2) is 6.98. The summed E-state index contributed by atoms with van der Waals surface area (Å²) < 4.78 is 14.0. The molecule has 2 fully saturated rings. The fraction of sp³-hybridized carbons (Fsp3) is 0.474. The summed E-state index contributed by atoms with van der Waals surface area (Å²) in [4.78, 5) is 18.9. The van der Waals surface area contributed by atoms with Gasteiger partial charge in [0.15, 0.2) is 0 Å². The second-order valence-electron chi connectivity index (χ2n) is 6.69. The third-order valence-electron chi connectivity index (χ3n) is 5.17. The Balaban J connectivity index is 1.43. The number of hydrogen-bond acceptors (Lipinski definition) is 4. The molecule has 1 saturated heterocycles. The van der Waals surface area contributed by atoms with Crippen molar-refractivity contribution in [3.63, 3.8) is 0 Å². The lowest BCUT2D eigenvalue weighted by molar-refractivity contribution is -0.108. The van der Waals surface area contributed by atoms with Crippen molar-refractivity contribution in [1.29, 1.82) is 0 Å². The summed E-state index contributed by atoms with van der Waals surface area (Å²) in [5.41, 5.74) is 1.83. The van der Waals surface area contributed by atoms with Crippen LogP contribution >= 0.6 is 0 Å². The van der Waals surface area contributed by atoms with Gasteiger partial charge in [0.25, 0.3) is 5.91 Å². The molecule has 2 aromatic rings. The van der Waals surface area contributed by atoms with Gasteiger partial charge < -0.3 is 18.9 Å². The van der Waals surface area contributed by atoms with E-state index in [0.717, 1.165) is 24.1 Å². The van der Waals surface area contributed by atoms with Gasteiger partial charge in [-0.3, -0.25) is 9.78 Å². The molecule has 0 N–H and O–H groups in total. The number of carbonyl (C=O) groups is 1. The van der Waals surface area contributed by atoms with Gasteiger partial charge in [0, 0.05) is 32.2 Å². The molecule has 2 aliphatic rings. The Bertz CT molecular complexity index is 731. The Morgan fingerprint density at radius 3 is 2.92 bits per heavy atom. The van der Waals surface area contributed by atoms with Crippen LogP contribution in [0, 0.1) is 0 Å². The minimum absolute atomic E-state index is 0.0298. The lowest BCUT2D eigenvalue weighted by atomic mass is 10.1. The van der Waals surface area contributed by atoms with Crippen molar-refractivity contribution in [2.24, 2.45) is 7.05 Å². The quantitative estimate of drug-likeness (QED) is 0.854. The van der Waals surface area contributed by atoms with Crippen molar-refractivity contribution < 1.29 is 14.3 Å². The van der Waals surface area contributed by atoms with E-state index in [-0.39, 0.29) is 24.2 Å². The minimum atomic E-state index is -0.0418. The number of carbonyl (C=O) groups excluding carboxylic acids is 1. The maximum atomic E-state index is 12.9. The zero-order valence-corrected chi connectivity index (χ0v) is 14.4. The highest BCUT2D eigenvalue weighted by molar-refractivity contribution is 5.93. The molecule has 1 amide bonds. The molecule has 0 spiro atoms. The van der Waals surface area contributed by atoms with Crippen LogP contribution in [0.15, 0.2) is 42.9 Å². The van der Waals surface area contributed by atoms with E-state index in [4.69, 9.17) is 9.47 Å². The van der Waals surface area contributed by atoms with Crippen LogP contribution in [0.3, 0.4) is 0 Å². The zero-order chi connectivity index (χ0) is 17.2. The molecule has 2 aromatic heterocycles. The maximum absolute atomic E-state index is 12.9. The summed E-state index contributed by atoms with van der Waals surface area (Å²) in [7, 11) is 1.90. The van der Waals surface area contributed by atoms with E-state index in [0.29, 0.717) is 19.8 Å². The molecule has 1 aliphatic carbocycles. The molecule has 4 rings (SSSR count). The second-order valence-corrected chi connectivity index (χ2v) is 6.69. The van der Waals surface area contributed by atoms with Gasteiger partial charge in [-0.1, -0.05) is 0 Å². The number of aryl methyl sites for hydroxylation is 1. The van der Waals surface area contributed by atoms with Crippen LogP contribution in [0.4, 0.5) is 0 Å². The first-order valence-corrected chi connectivity index (χ1v) is 8.78. The van der Waals surface area contributed by atoms with Gasteiger partial charge in [0.05, 0.1) is 25.4 Å². The molecule has 3 heterocycles. The van der Waals surface area contributed by atoms with Gasteiger partial charge in [-0.2, -0.15) is 0 Å². The third kappa shape index (κ3) is 3.19. The Morgan fingerprint density at radius 1 is 1.32 bits per heavy atom. The summed E-state index contributed by atoms with van der Waals surface area (Å²) >= 11 is 0. The van der Waals surface area contributed by atoms with Gasteiger partial charge >= 0.3 is 0 Å². The predicted octanol–water partition coefficient (Wildman–Crippen LogP) is 2.01. The van der Waals surface area contributed by atoms with E-state index in [1.807, 2.05) is 47.0 Å². The van der Waals surface area contributed by atoms with Crippen molar-refractivity contribution in [3.8, 4) is 0 Å². The van der Waals surface area contributed by atoms with Crippen molar-refractivity contribution >= 4 is 5.91 Å². The van der Waals surface area contributed by atoms with Crippen LogP contribution in [0.2, 0.25) is 0 Å². The summed E-state index contributed by atoms with van der Waals surface area (Å²) in [6.07, 6.45) is 7.27. The van der Waals surface area contributed by atoms with Crippen LogP contribution in [0.1, 0.15) is 28.9 Å². The van der Waals surface area contributed by atoms with Crippen LogP contribution in [-0.2, 0) is 23.1 Å². The largest absolute Gasteiger partial charge is 0.372 e. The van der Waals surface area contributed by atoms with Crippen molar-refractivity contribution in [2.75, 3.05) is 13.2 Å². The van der Waals surface area contributed by atoms with Crippen LogP contribution in [0.5, 0.6) is 0 Å². The summed E-state index contributed by atoms with van der Waals surface area (Å²) in [5, 5.41) is 0. The fourth-order valence-electron chi connectivity index (χ4n) is 3.86. The number of nitrogens with zero attached hydrogens (tertiary/aromatic N) is 3. The first-order valence-electron chi connectivity index (χ1n) is 8.78. The fourth-order valence-corrected chi connectivity index (χ4v) is 3.86. The number of fused-ring (bicyclic) bond motifs is 1. The molecule has 6 heteroatoms. The first-order chi connectivity index (χ1) is 12.2. The Morgan fingerprint density at radius 2 is 2.16 bits per heavy atom. The molecule has 6 nitrogen and oxygen atoms in total. The van der Waals surface area contributed by atoms with Crippen LogP contribution in [-0.4, -0.2) is 51.8 Å². The van der Waals surface area contributed by atoms with E-state index in [1.165, 1.54) is 0 Å². The number of hydrogen-bond donors (Lipinski definition) is 0. The molecular weight excluding hydrogens is 318 g/mol. The predicted molar refractivity (Wildman–Crippen MR) is 92.0 cm³/mol. The number of pyridine rings is 1. The number of rotatable bonds is 4. The topological polar surface area (TPSA) is 56.6 Å². The summed E-state index contributed by atoms with van der Waals surface area (Å²) in [5.74, 6) is 0.0839. The average Bonchev–Trinajstić information content (AvgIpc) is 3.26. The molecule has 0 radical (unpaired) electrons. The standard InChI is InChI=1S/C19H23N3O3/c1-21-10-2-3-16(21)19(23)22-11-12-24-18-15(22)4-5-17(18)25-13-14-6-8-20-9-7-14/h2-3,6-10,15,17-18H,4-5,11-13H2,1H3/t15-,17-,18-/m0/s1. The molecule has 3 atom stereocenters. The third-order valence-corrected chi connectivity index (χ3v) is 5.17. The van der Waals surface area contributed by atoms with E-state index >= 15 is 0 Å². The number of ether oxygens (including phenoxy) is 2. The van der Waals surface area contributed by atoms with Gasteiger partial charge in [0.1, 0.15) is 11.8 Å². The lowest BCUT2D eigenvalue weighted by Crippen LogP contribution is -2.54. The van der Waals surface area contributed by atoms with Gasteiger partial charge in [-0.25, -0.2) is 0 Å². The van der Waals surface area contributed by atoms with E-state index in [2.05, 4.69) is 4.98 Å². The average molecular weight is 341 g/mol. The van der Waals surface area contributed by atoms with Gasteiger partial charge in [-0.05, 0) is 42.7 Å². The van der Waals surface area contributed by atoms with E-state index in [9.17, 15) is 4.79 Å². The Labute approximate surface area is 147 Å². The number of aromatic nitrogens is 2. The normalized spacial score (nSPS) is 25.8. The first kappa shape index (κ1) is 16.3.